The average molecular weight is 344 g/mol. The first-order chi connectivity index (χ1) is 11.8. The van der Waals surface area contributed by atoms with Gasteiger partial charge < -0.3 is 5.11 Å². The van der Waals surface area contributed by atoms with Crippen molar-refractivity contribution in [2.45, 2.75) is 0 Å². The number of phenolic OH excluding ortho intramolecular Hbond substituents is 1. The van der Waals surface area contributed by atoms with Gasteiger partial charge in [-0.3, -0.25) is 35.9 Å². The molecule has 0 saturated heterocycles. The summed E-state index contributed by atoms with van der Waals surface area (Å²) in [5.41, 5.74) is 4.20. The zero-order chi connectivity index (χ0) is 18.6. The highest BCUT2D eigenvalue weighted by atomic mass is 16.6. The van der Waals surface area contributed by atoms with Crippen LogP contribution in [0.5, 0.6) is 5.75 Å². The van der Waals surface area contributed by atoms with Gasteiger partial charge >= 0.3 is 0 Å². The van der Waals surface area contributed by atoms with Gasteiger partial charge in [0.2, 0.25) is 0 Å². The molecule has 25 heavy (non-hydrogen) atoms. The number of carbonyl (C=O) groups excluding carboxylic acids is 1. The molecule has 0 fully saturated rings. The van der Waals surface area contributed by atoms with Crippen LogP contribution in [-0.4, -0.2) is 20.9 Å². The summed E-state index contributed by atoms with van der Waals surface area (Å²) in [6.07, 6.45) is 0. The number of rotatable bonds is 6. The molecule has 10 nitrogen and oxygen atoms in total. The first-order valence-electron chi connectivity index (χ1n) is 6.76. The maximum atomic E-state index is 12.1. The summed E-state index contributed by atoms with van der Waals surface area (Å²) < 4.78 is 0. The predicted molar refractivity (Wildman–Crippen MR) is 87.5 cm³/mol. The monoisotopic (exact) mass is 344 g/mol. The van der Waals surface area contributed by atoms with E-state index in [4.69, 9.17) is 0 Å². The first-order valence-corrected chi connectivity index (χ1v) is 6.76. The lowest BCUT2D eigenvalue weighted by atomic mass is 10.1. The molecule has 0 aromatic heterocycles. The second-order valence-electron chi connectivity index (χ2n) is 4.86. The highest BCUT2D eigenvalue weighted by Gasteiger charge is 2.19. The minimum absolute atomic E-state index is 0.0597. The number of nitro groups is 2. The largest absolute Gasteiger partial charge is 0.508 e. The highest BCUT2D eigenvalue weighted by Crippen LogP contribution is 2.22. The van der Waals surface area contributed by atoms with Crippen LogP contribution in [0.1, 0.15) is 15.9 Å². The van der Waals surface area contributed by atoms with Crippen LogP contribution in [0, 0.1) is 20.2 Å². The van der Waals surface area contributed by atoms with Gasteiger partial charge in [-0.2, -0.15) is 0 Å². The van der Waals surface area contributed by atoms with Crippen molar-refractivity contribution in [1.82, 2.24) is 10.9 Å². The van der Waals surface area contributed by atoms with Gasteiger partial charge in [-0.25, -0.2) is 0 Å². The fourth-order valence-electron chi connectivity index (χ4n) is 1.88. The summed E-state index contributed by atoms with van der Waals surface area (Å²) >= 11 is 0. The zero-order valence-electron chi connectivity index (χ0n) is 12.6. The molecule has 0 bridgehead atoms. The molecular formula is C15H12N4O6. The lowest BCUT2D eigenvalue weighted by molar-refractivity contribution is -0.394. The molecule has 0 aliphatic heterocycles. The van der Waals surface area contributed by atoms with Gasteiger partial charge in [0.15, 0.2) is 0 Å². The van der Waals surface area contributed by atoms with Gasteiger partial charge in [0.25, 0.3) is 17.3 Å². The molecule has 0 aliphatic carbocycles. The normalized spacial score (nSPS) is 9.92. The third-order valence-corrected chi connectivity index (χ3v) is 3.13. The summed E-state index contributed by atoms with van der Waals surface area (Å²) in [5.74, 6) is -0.754. The van der Waals surface area contributed by atoms with E-state index in [1.807, 2.05) is 0 Å². The van der Waals surface area contributed by atoms with E-state index >= 15 is 0 Å². The van der Waals surface area contributed by atoms with Gasteiger partial charge in [-0.05, 0) is 29.8 Å². The summed E-state index contributed by atoms with van der Waals surface area (Å²) in [6.45, 7) is 3.69. The highest BCUT2D eigenvalue weighted by molar-refractivity contribution is 5.95. The van der Waals surface area contributed by atoms with E-state index in [2.05, 4.69) is 17.4 Å². The van der Waals surface area contributed by atoms with Crippen molar-refractivity contribution in [3.8, 4) is 5.75 Å². The number of carbonyl (C=O) groups is 1. The molecule has 1 amide bonds. The van der Waals surface area contributed by atoms with Crippen LogP contribution in [0.3, 0.4) is 0 Å². The Balaban J connectivity index is 2.14. The fraction of sp³-hybridized carbons (Fsp3) is 0. The summed E-state index contributed by atoms with van der Waals surface area (Å²) in [6, 6.07) is 8.56. The Kier molecular flexibility index (Phi) is 4.93. The molecule has 2 rings (SSSR count). The van der Waals surface area contributed by atoms with Crippen LogP contribution in [0.25, 0.3) is 5.70 Å². The number of phenols is 1. The Labute approximate surface area is 140 Å². The number of amides is 1. The van der Waals surface area contributed by atoms with Crippen LogP contribution in [0.2, 0.25) is 0 Å². The molecule has 0 spiro atoms. The number of hydrogen-bond donors (Lipinski definition) is 3. The number of nitrogens with zero attached hydrogens (tertiary/aromatic N) is 2. The number of nitrogens with one attached hydrogen (secondary N) is 2. The Bertz CT molecular complexity index is 831. The number of aromatic hydroxyl groups is 1. The van der Waals surface area contributed by atoms with E-state index < -0.39 is 27.1 Å². The molecular weight excluding hydrogens is 332 g/mol. The summed E-state index contributed by atoms with van der Waals surface area (Å²) in [4.78, 5) is 32.1. The lowest BCUT2D eigenvalue weighted by Gasteiger charge is -2.11. The minimum atomic E-state index is -0.827. The quantitative estimate of drug-likeness (QED) is 0.537. The first kappa shape index (κ1) is 17.4. The smallest absolute Gasteiger partial charge is 0.277 e. The second kappa shape index (κ2) is 7.08. The van der Waals surface area contributed by atoms with E-state index in [0.29, 0.717) is 5.56 Å². The van der Waals surface area contributed by atoms with Crippen LogP contribution in [0.4, 0.5) is 11.4 Å². The van der Waals surface area contributed by atoms with Gasteiger partial charge in [0, 0.05) is 12.1 Å². The van der Waals surface area contributed by atoms with Crippen LogP contribution in [-0.2, 0) is 0 Å². The Morgan fingerprint density at radius 1 is 0.920 bits per heavy atom. The lowest BCUT2D eigenvalue weighted by Crippen LogP contribution is -2.35. The average Bonchev–Trinajstić information content (AvgIpc) is 2.59. The van der Waals surface area contributed by atoms with E-state index in [0.717, 1.165) is 18.2 Å². The maximum absolute atomic E-state index is 12.1. The van der Waals surface area contributed by atoms with Crippen molar-refractivity contribution in [3.05, 3.63) is 80.4 Å². The van der Waals surface area contributed by atoms with Crippen molar-refractivity contribution in [3.63, 3.8) is 0 Å². The molecule has 2 aromatic carbocycles. The minimum Gasteiger partial charge on any atom is -0.508 e. The Hall–Kier alpha value is -3.95. The molecule has 0 unspecified atom stereocenters. The van der Waals surface area contributed by atoms with E-state index in [9.17, 15) is 30.1 Å². The molecule has 128 valence electrons. The third-order valence-electron chi connectivity index (χ3n) is 3.13. The number of benzene rings is 2. The number of nitro benzene ring substituents is 2. The van der Waals surface area contributed by atoms with Gasteiger partial charge in [-0.1, -0.05) is 6.58 Å². The molecule has 3 N–H and O–H groups in total. The molecule has 0 saturated carbocycles. The van der Waals surface area contributed by atoms with E-state index in [-0.39, 0.29) is 17.0 Å². The molecule has 0 radical (unpaired) electrons. The second-order valence-corrected chi connectivity index (χ2v) is 4.86. The number of hydrogen-bond acceptors (Lipinski definition) is 7. The van der Waals surface area contributed by atoms with Gasteiger partial charge in [0.05, 0.1) is 27.2 Å². The van der Waals surface area contributed by atoms with Crippen molar-refractivity contribution in [2.75, 3.05) is 0 Å². The van der Waals surface area contributed by atoms with Crippen molar-refractivity contribution < 1.29 is 19.7 Å². The third kappa shape index (κ3) is 4.28. The topological polar surface area (TPSA) is 148 Å². The van der Waals surface area contributed by atoms with Gasteiger partial charge in [-0.15, -0.1) is 0 Å². The van der Waals surface area contributed by atoms with E-state index in [1.165, 1.54) is 12.1 Å². The molecule has 2 aromatic rings. The zero-order valence-corrected chi connectivity index (χ0v) is 12.6. The standard InChI is InChI=1S/C15H12N4O6/c1-9(10-2-4-14(20)5-3-10)16-17-15(21)11-6-12(18(22)23)8-13(7-11)19(24)25/h2-8,16,20H,1H2,(H,17,21). The molecule has 10 heteroatoms. The van der Waals surface area contributed by atoms with Crippen molar-refractivity contribution in [1.29, 1.82) is 0 Å². The predicted octanol–water partition coefficient (Wildman–Crippen LogP) is 2.11. The van der Waals surface area contributed by atoms with Crippen LogP contribution >= 0.6 is 0 Å². The Morgan fingerprint density at radius 2 is 1.44 bits per heavy atom. The maximum Gasteiger partial charge on any atom is 0.277 e. The summed E-state index contributed by atoms with van der Waals surface area (Å²) in [5, 5.41) is 30.9. The number of hydrazine groups is 1. The molecule has 0 atom stereocenters. The van der Waals surface area contributed by atoms with Crippen LogP contribution < -0.4 is 10.9 Å². The van der Waals surface area contributed by atoms with Crippen molar-refractivity contribution >= 4 is 23.0 Å². The Morgan fingerprint density at radius 3 is 1.92 bits per heavy atom. The molecule has 0 heterocycles. The summed E-state index contributed by atoms with van der Waals surface area (Å²) in [7, 11) is 0. The van der Waals surface area contributed by atoms with Gasteiger partial charge in [0.1, 0.15) is 5.75 Å². The SMILES string of the molecule is C=C(NNC(=O)c1cc([N+](=O)[O-])cc([N+](=O)[O-])c1)c1ccc(O)cc1. The van der Waals surface area contributed by atoms with Crippen molar-refractivity contribution in [2.24, 2.45) is 0 Å². The van der Waals surface area contributed by atoms with E-state index in [1.54, 1.807) is 12.1 Å². The number of non-ortho nitro benzene ring substituents is 2. The fourth-order valence-corrected chi connectivity index (χ4v) is 1.88. The van der Waals surface area contributed by atoms with Crippen LogP contribution in [0.15, 0.2) is 49.0 Å². The molecule has 0 aliphatic rings.